The minimum Gasteiger partial charge on any atom is -0.392 e. The number of hydrogen-bond acceptors (Lipinski definition) is 4. The Labute approximate surface area is 145 Å². The van der Waals surface area contributed by atoms with Crippen molar-refractivity contribution in [1.29, 1.82) is 0 Å². The van der Waals surface area contributed by atoms with Crippen molar-refractivity contribution in [3.63, 3.8) is 0 Å². The van der Waals surface area contributed by atoms with Crippen molar-refractivity contribution >= 4 is 11.6 Å². The molecule has 0 spiro atoms. The van der Waals surface area contributed by atoms with E-state index in [9.17, 15) is 9.90 Å². The Kier molecular flexibility index (Phi) is 9.05. The zero-order valence-electron chi connectivity index (χ0n) is 13.5. The minimum absolute atomic E-state index is 0. The van der Waals surface area contributed by atoms with E-state index in [-0.39, 0.29) is 39.2 Å². The van der Waals surface area contributed by atoms with E-state index >= 15 is 0 Å². The molecule has 127 valence electrons. The Morgan fingerprint density at radius 2 is 1.86 bits per heavy atom. The number of rotatable bonds is 7. The molecule has 0 heterocycles. The maximum absolute atomic E-state index is 12.4. The van der Waals surface area contributed by atoms with Gasteiger partial charge < -0.3 is 10.4 Å². The number of carbonyl (C=O) groups excluding carboxylic acids is 1. The normalized spacial score (nSPS) is 11.2. The quantitative estimate of drug-likeness (QED) is 0.408. The van der Waals surface area contributed by atoms with E-state index in [1.54, 1.807) is 18.2 Å². The van der Waals surface area contributed by atoms with Crippen molar-refractivity contribution in [2.75, 3.05) is 5.32 Å². The summed E-state index contributed by atoms with van der Waals surface area (Å²) in [6.07, 6.45) is 0.783. The van der Waals surface area contributed by atoms with E-state index in [0.29, 0.717) is 22.7 Å². The molecule has 22 heavy (non-hydrogen) atoms. The van der Waals surface area contributed by atoms with E-state index < -0.39 is 5.41 Å². The molecular weight excluding hydrogens is 462 g/mol. The van der Waals surface area contributed by atoms with Crippen molar-refractivity contribution in [3.8, 4) is 0 Å². The Morgan fingerprint density at radius 1 is 1.27 bits per heavy atom. The molecular formula is C16H25IrNO4. The van der Waals surface area contributed by atoms with Gasteiger partial charge in [-0.25, -0.2) is 4.89 Å². The van der Waals surface area contributed by atoms with Crippen LogP contribution in [0.15, 0.2) is 18.2 Å². The minimum atomic E-state index is -0.475. The van der Waals surface area contributed by atoms with E-state index in [2.05, 4.69) is 24.1 Å². The fourth-order valence-corrected chi connectivity index (χ4v) is 2.50. The van der Waals surface area contributed by atoms with Crippen molar-refractivity contribution < 1.29 is 40.2 Å². The number of nitrogens with one attached hydrogen (secondary N) is 1. The van der Waals surface area contributed by atoms with Crippen molar-refractivity contribution in [2.45, 2.75) is 47.3 Å². The van der Waals surface area contributed by atoms with Crippen LogP contribution in [0.2, 0.25) is 0 Å². The second-order valence-corrected chi connectivity index (χ2v) is 6.41. The van der Waals surface area contributed by atoms with Gasteiger partial charge in [0.1, 0.15) is 6.61 Å². The zero-order chi connectivity index (χ0) is 16.0. The molecule has 1 aromatic rings. The van der Waals surface area contributed by atoms with Gasteiger partial charge in [0.2, 0.25) is 5.91 Å². The van der Waals surface area contributed by atoms with Gasteiger partial charge in [-0.2, -0.15) is 0 Å². The van der Waals surface area contributed by atoms with Crippen molar-refractivity contribution in [1.82, 2.24) is 0 Å². The predicted molar refractivity (Wildman–Crippen MR) is 81.6 cm³/mol. The van der Waals surface area contributed by atoms with Gasteiger partial charge in [0, 0.05) is 31.2 Å². The Balaban J connectivity index is 0.00000441. The summed E-state index contributed by atoms with van der Waals surface area (Å²) in [4.78, 5) is 16.5. The summed E-state index contributed by atoms with van der Waals surface area (Å²) in [5.74, 6) is 0.357. The molecule has 0 fully saturated rings. The third-order valence-electron chi connectivity index (χ3n) is 3.26. The van der Waals surface area contributed by atoms with E-state index in [1.807, 2.05) is 13.8 Å². The summed E-state index contributed by atoms with van der Waals surface area (Å²) in [5, 5.41) is 20.7. The summed E-state index contributed by atoms with van der Waals surface area (Å²) < 4.78 is 0. The number of carbonyl (C=O) groups is 1. The number of aliphatic hydroxyl groups excluding tert-OH is 1. The fourth-order valence-electron chi connectivity index (χ4n) is 2.50. The molecule has 0 aromatic heterocycles. The molecule has 0 aliphatic heterocycles. The molecule has 1 aromatic carbocycles. The molecule has 1 rings (SSSR count). The van der Waals surface area contributed by atoms with Gasteiger partial charge >= 0.3 is 0 Å². The van der Waals surface area contributed by atoms with E-state index in [1.165, 1.54) is 0 Å². The third-order valence-corrected chi connectivity index (χ3v) is 3.26. The van der Waals surface area contributed by atoms with Crippen LogP contribution in [0, 0.1) is 11.3 Å². The topological polar surface area (TPSA) is 78.8 Å². The molecule has 1 radical (unpaired) electrons. The fraction of sp³-hybridized carbons (Fsp3) is 0.562. The van der Waals surface area contributed by atoms with Crippen LogP contribution in [0.5, 0.6) is 0 Å². The molecule has 0 saturated carbocycles. The number of hydrogen-bond donors (Lipinski definition) is 3. The number of amides is 1. The molecule has 6 heteroatoms. The molecule has 0 bridgehead atoms. The van der Waals surface area contributed by atoms with Crippen molar-refractivity contribution in [2.24, 2.45) is 11.3 Å². The second kappa shape index (κ2) is 9.38. The Bertz CT molecular complexity index is 489. The molecule has 0 aliphatic rings. The Morgan fingerprint density at radius 3 is 2.36 bits per heavy atom. The zero-order valence-corrected chi connectivity index (χ0v) is 15.9. The molecule has 1 amide bonds. The number of aliphatic hydroxyl groups is 1. The average Bonchev–Trinajstić information content (AvgIpc) is 2.37. The first-order valence-corrected chi connectivity index (χ1v) is 7.10. The molecule has 0 unspecified atom stereocenters. The summed E-state index contributed by atoms with van der Waals surface area (Å²) >= 11 is 0. The summed E-state index contributed by atoms with van der Waals surface area (Å²) in [7, 11) is 0. The van der Waals surface area contributed by atoms with E-state index in [4.69, 9.17) is 5.26 Å². The van der Waals surface area contributed by atoms with Crippen LogP contribution in [0.25, 0.3) is 0 Å². The van der Waals surface area contributed by atoms with Gasteiger partial charge in [-0.3, -0.25) is 10.1 Å². The number of anilines is 1. The first-order valence-electron chi connectivity index (χ1n) is 7.10. The molecule has 3 N–H and O–H groups in total. The standard InChI is InChI=1S/C16H25NO4.Ir/c1-11(2)8-16(3,4)15(19)17-14-6-12(9-18)5-13(7-14)10-21-20;/h5-7,11,18,20H,8-10H2,1-4H3,(H,17,19);. The Hall–Kier alpha value is -0.781. The van der Waals surface area contributed by atoms with Gasteiger partial charge in [-0.05, 0) is 35.6 Å². The van der Waals surface area contributed by atoms with Crippen LogP contribution >= 0.6 is 0 Å². The molecule has 5 nitrogen and oxygen atoms in total. The van der Waals surface area contributed by atoms with E-state index in [0.717, 1.165) is 6.42 Å². The second-order valence-electron chi connectivity index (χ2n) is 6.41. The smallest absolute Gasteiger partial charge is 0.230 e. The third kappa shape index (κ3) is 6.55. The SMILES string of the molecule is CC(C)CC(C)(C)C(=O)Nc1cc(CO)cc(COO)c1.[Ir]. The van der Waals surface area contributed by atoms with Gasteiger partial charge in [0.05, 0.1) is 6.61 Å². The van der Waals surface area contributed by atoms with Gasteiger partial charge in [0.15, 0.2) is 0 Å². The van der Waals surface area contributed by atoms with Gasteiger partial charge in [-0.1, -0.05) is 33.8 Å². The van der Waals surface area contributed by atoms with Crippen molar-refractivity contribution in [3.05, 3.63) is 29.3 Å². The van der Waals surface area contributed by atoms with Crippen LogP contribution in [0.4, 0.5) is 5.69 Å². The summed E-state index contributed by atoms with van der Waals surface area (Å²) in [6.45, 7) is 7.85. The molecule has 0 atom stereocenters. The van der Waals surface area contributed by atoms with Crippen LogP contribution in [0.1, 0.15) is 45.2 Å². The monoisotopic (exact) mass is 488 g/mol. The number of benzene rings is 1. The van der Waals surface area contributed by atoms with Crippen LogP contribution < -0.4 is 5.32 Å². The van der Waals surface area contributed by atoms with Gasteiger partial charge in [0.25, 0.3) is 0 Å². The maximum atomic E-state index is 12.4. The van der Waals surface area contributed by atoms with Gasteiger partial charge in [-0.15, -0.1) is 0 Å². The average molecular weight is 488 g/mol. The first-order chi connectivity index (χ1) is 9.78. The largest absolute Gasteiger partial charge is 0.392 e. The summed E-state index contributed by atoms with van der Waals surface area (Å²) in [6, 6.07) is 5.15. The molecule has 0 saturated heterocycles. The van der Waals surface area contributed by atoms with Crippen LogP contribution in [-0.2, 0) is 43.0 Å². The van der Waals surface area contributed by atoms with Crippen LogP contribution in [0.3, 0.4) is 0 Å². The predicted octanol–water partition coefficient (Wildman–Crippen LogP) is 3.18. The molecule has 0 aliphatic carbocycles. The van der Waals surface area contributed by atoms with Crippen LogP contribution in [-0.4, -0.2) is 16.3 Å². The first kappa shape index (κ1) is 21.2. The summed E-state index contributed by atoms with van der Waals surface area (Å²) in [5.41, 5.74) is 1.45. The maximum Gasteiger partial charge on any atom is 0.230 e.